The van der Waals surface area contributed by atoms with Gasteiger partial charge in [0.15, 0.2) is 18.2 Å². The minimum Gasteiger partial charge on any atom is -0.496 e. The van der Waals surface area contributed by atoms with Gasteiger partial charge < -0.3 is 9.47 Å². The van der Waals surface area contributed by atoms with Gasteiger partial charge in [-0.25, -0.2) is 0 Å². The van der Waals surface area contributed by atoms with Gasteiger partial charge in [0.1, 0.15) is 5.75 Å². The molecule has 2 aromatic rings. The lowest BCUT2D eigenvalue weighted by atomic mass is 9.90. The van der Waals surface area contributed by atoms with Crippen LogP contribution < -0.4 is 4.74 Å². The number of rotatable bonds is 7. The molecule has 5 heteroatoms. The summed E-state index contributed by atoms with van der Waals surface area (Å²) in [4.78, 5) is 36.2. The summed E-state index contributed by atoms with van der Waals surface area (Å²) in [6.07, 6.45) is 4.30. The molecule has 0 fully saturated rings. The van der Waals surface area contributed by atoms with Gasteiger partial charge >= 0.3 is 5.97 Å². The van der Waals surface area contributed by atoms with Crippen molar-refractivity contribution in [2.45, 2.75) is 39.0 Å². The van der Waals surface area contributed by atoms with Crippen molar-refractivity contribution in [2.24, 2.45) is 0 Å². The predicted octanol–water partition coefficient (Wildman–Crippen LogP) is 3.75. The maximum atomic E-state index is 12.4. The number of benzene rings is 2. The number of carbonyl (C=O) groups is 3. The van der Waals surface area contributed by atoms with Crippen LogP contribution in [0.4, 0.5) is 0 Å². The van der Waals surface area contributed by atoms with E-state index in [4.69, 9.17) is 9.47 Å². The smallest absolute Gasteiger partial charge is 0.310 e. The number of carbonyl (C=O) groups excluding carboxylic acids is 3. The maximum Gasteiger partial charge on any atom is 0.310 e. The lowest BCUT2D eigenvalue weighted by molar-refractivity contribution is -0.141. The molecule has 0 amide bonds. The number of ether oxygens (including phenoxy) is 2. The molecule has 0 saturated carbocycles. The van der Waals surface area contributed by atoms with Gasteiger partial charge in [-0.2, -0.15) is 0 Å². The molecule has 0 atom stereocenters. The third-order valence-electron chi connectivity index (χ3n) is 5.06. The number of ketones is 2. The van der Waals surface area contributed by atoms with E-state index in [0.717, 1.165) is 19.3 Å². The topological polar surface area (TPSA) is 69.7 Å². The lowest BCUT2D eigenvalue weighted by Gasteiger charge is -2.16. The molecule has 0 aromatic heterocycles. The van der Waals surface area contributed by atoms with Crippen molar-refractivity contribution in [3.05, 3.63) is 64.2 Å². The second-order valence-electron chi connectivity index (χ2n) is 7.03. The van der Waals surface area contributed by atoms with Gasteiger partial charge in [-0.3, -0.25) is 14.4 Å². The molecule has 146 valence electrons. The average molecular weight is 380 g/mol. The van der Waals surface area contributed by atoms with E-state index in [1.54, 1.807) is 24.3 Å². The third-order valence-corrected chi connectivity index (χ3v) is 5.06. The number of Topliss-reactive ketones (excluding diaryl/α,β-unsaturated/α-hetero) is 2. The predicted molar refractivity (Wildman–Crippen MR) is 105 cm³/mol. The Balaban J connectivity index is 1.62. The summed E-state index contributed by atoms with van der Waals surface area (Å²) in [6, 6.07) is 10.6. The summed E-state index contributed by atoms with van der Waals surface area (Å²) in [5.41, 5.74) is 4.14. The first-order chi connectivity index (χ1) is 13.5. The van der Waals surface area contributed by atoms with Gasteiger partial charge in [0, 0.05) is 16.7 Å². The zero-order chi connectivity index (χ0) is 20.1. The van der Waals surface area contributed by atoms with Crippen LogP contribution in [0.3, 0.4) is 0 Å². The fraction of sp³-hybridized carbons (Fsp3) is 0.348. The quantitative estimate of drug-likeness (QED) is 0.541. The van der Waals surface area contributed by atoms with E-state index in [1.807, 2.05) is 12.1 Å². The molecular formula is C23H24O5. The van der Waals surface area contributed by atoms with Crippen molar-refractivity contribution < 1.29 is 23.9 Å². The van der Waals surface area contributed by atoms with Gasteiger partial charge in [0.25, 0.3) is 0 Å². The number of esters is 1. The molecule has 0 N–H and O–H groups in total. The van der Waals surface area contributed by atoms with E-state index in [9.17, 15) is 14.4 Å². The van der Waals surface area contributed by atoms with Crippen LogP contribution in [0.15, 0.2) is 36.4 Å². The maximum absolute atomic E-state index is 12.4. The Morgan fingerprint density at radius 3 is 2.36 bits per heavy atom. The van der Waals surface area contributed by atoms with Gasteiger partial charge in [0.2, 0.25) is 0 Å². The fourth-order valence-electron chi connectivity index (χ4n) is 3.48. The molecular weight excluding hydrogens is 356 g/mol. The van der Waals surface area contributed by atoms with Crippen molar-refractivity contribution in [1.29, 1.82) is 0 Å². The van der Waals surface area contributed by atoms with E-state index < -0.39 is 5.97 Å². The van der Waals surface area contributed by atoms with E-state index in [1.165, 1.54) is 31.6 Å². The number of methoxy groups -OCH3 is 1. The molecule has 2 aromatic carbocycles. The van der Waals surface area contributed by atoms with Crippen molar-refractivity contribution in [2.75, 3.05) is 13.7 Å². The molecule has 0 spiro atoms. The Labute approximate surface area is 164 Å². The zero-order valence-electron chi connectivity index (χ0n) is 16.2. The average Bonchev–Trinajstić information content (AvgIpc) is 2.71. The molecule has 0 unspecified atom stereocenters. The number of fused-ring (bicyclic) bond motifs is 1. The second-order valence-corrected chi connectivity index (χ2v) is 7.03. The molecule has 0 radical (unpaired) electrons. The third kappa shape index (κ3) is 4.66. The zero-order valence-corrected chi connectivity index (χ0v) is 16.2. The van der Waals surface area contributed by atoms with Gasteiger partial charge in [-0.05, 0) is 68.0 Å². The van der Waals surface area contributed by atoms with E-state index in [2.05, 4.69) is 0 Å². The number of hydrogen-bond donors (Lipinski definition) is 0. The largest absolute Gasteiger partial charge is 0.496 e. The van der Waals surface area contributed by atoms with E-state index in [-0.39, 0.29) is 24.6 Å². The minimum absolute atomic E-state index is 0.0677. The Morgan fingerprint density at radius 2 is 1.64 bits per heavy atom. The Hall–Kier alpha value is -2.95. The summed E-state index contributed by atoms with van der Waals surface area (Å²) in [7, 11) is 1.50. The lowest BCUT2D eigenvalue weighted by Crippen LogP contribution is -2.17. The molecule has 0 heterocycles. The van der Waals surface area contributed by atoms with Crippen LogP contribution in [0.25, 0.3) is 0 Å². The van der Waals surface area contributed by atoms with Crippen LogP contribution in [0.2, 0.25) is 0 Å². The SMILES string of the molecule is COc1ccc(C(C)=O)cc1CC(=O)OCC(=O)c1ccc2c(c1)CCCC2. The van der Waals surface area contributed by atoms with Crippen LogP contribution in [-0.2, 0) is 28.8 Å². The highest BCUT2D eigenvalue weighted by atomic mass is 16.5. The first-order valence-corrected chi connectivity index (χ1v) is 9.46. The Bertz CT molecular complexity index is 913. The molecule has 28 heavy (non-hydrogen) atoms. The summed E-state index contributed by atoms with van der Waals surface area (Å²) in [5, 5.41) is 0. The molecule has 5 nitrogen and oxygen atoms in total. The molecule has 0 saturated heterocycles. The molecule has 0 bridgehead atoms. The van der Waals surface area contributed by atoms with Crippen LogP contribution in [0.5, 0.6) is 5.75 Å². The van der Waals surface area contributed by atoms with Gasteiger partial charge in [-0.1, -0.05) is 12.1 Å². The first-order valence-electron chi connectivity index (χ1n) is 9.46. The summed E-state index contributed by atoms with van der Waals surface area (Å²) >= 11 is 0. The Morgan fingerprint density at radius 1 is 0.929 bits per heavy atom. The van der Waals surface area contributed by atoms with Crippen molar-refractivity contribution >= 4 is 17.5 Å². The highest BCUT2D eigenvalue weighted by molar-refractivity contribution is 5.98. The highest BCUT2D eigenvalue weighted by Gasteiger charge is 2.16. The summed E-state index contributed by atoms with van der Waals surface area (Å²) < 4.78 is 10.4. The van der Waals surface area contributed by atoms with Crippen LogP contribution in [-0.4, -0.2) is 31.3 Å². The van der Waals surface area contributed by atoms with Crippen LogP contribution in [0, 0.1) is 0 Å². The van der Waals surface area contributed by atoms with E-state index in [0.29, 0.717) is 22.4 Å². The molecule has 0 aliphatic heterocycles. The monoisotopic (exact) mass is 380 g/mol. The van der Waals surface area contributed by atoms with Crippen molar-refractivity contribution in [3.8, 4) is 5.75 Å². The number of aryl methyl sites for hydroxylation is 2. The number of hydrogen-bond acceptors (Lipinski definition) is 5. The standard InChI is InChI=1S/C23H24O5/c1-15(24)17-9-10-22(27-2)20(11-17)13-23(26)28-14-21(25)19-8-7-16-5-3-4-6-18(16)12-19/h7-12H,3-6,13-14H2,1-2H3. The normalized spacial score (nSPS) is 12.8. The van der Waals surface area contributed by atoms with Crippen LogP contribution >= 0.6 is 0 Å². The van der Waals surface area contributed by atoms with Crippen LogP contribution in [0.1, 0.15) is 57.2 Å². The first kappa shape index (κ1) is 19.8. The Kier molecular flexibility index (Phi) is 6.24. The summed E-state index contributed by atoms with van der Waals surface area (Å²) in [5.74, 6) is -0.348. The van der Waals surface area contributed by atoms with Gasteiger partial charge in [0.05, 0.1) is 13.5 Å². The van der Waals surface area contributed by atoms with Crippen molar-refractivity contribution in [1.82, 2.24) is 0 Å². The van der Waals surface area contributed by atoms with Crippen molar-refractivity contribution in [3.63, 3.8) is 0 Å². The summed E-state index contributed by atoms with van der Waals surface area (Å²) in [6.45, 7) is 1.16. The minimum atomic E-state index is -0.537. The molecule has 3 rings (SSSR count). The van der Waals surface area contributed by atoms with E-state index >= 15 is 0 Å². The van der Waals surface area contributed by atoms with Gasteiger partial charge in [-0.15, -0.1) is 0 Å². The molecule has 1 aliphatic carbocycles. The molecule has 1 aliphatic rings. The second kappa shape index (κ2) is 8.83. The fourth-order valence-corrected chi connectivity index (χ4v) is 3.48. The highest BCUT2D eigenvalue weighted by Crippen LogP contribution is 2.23.